The van der Waals surface area contributed by atoms with Crippen molar-refractivity contribution < 1.29 is 21.4 Å². The molecule has 14 heteroatoms. The molecule has 2 N–H and O–H groups in total. The number of anilines is 1. The molecule has 166 valence electrons. The van der Waals surface area contributed by atoms with Crippen LogP contribution in [0.15, 0.2) is 17.1 Å². The lowest BCUT2D eigenvalue weighted by Crippen LogP contribution is -2.42. The molecule has 2 aromatic heterocycles. The molecule has 1 aliphatic rings. The molecule has 1 saturated heterocycles. The van der Waals surface area contributed by atoms with Crippen molar-refractivity contribution in [3.05, 3.63) is 27.6 Å². The number of hydrogen-bond acceptors (Lipinski definition) is 8. The Kier molecular flexibility index (Phi) is 6.67. The average molecular weight is 480 g/mol. The van der Waals surface area contributed by atoms with Gasteiger partial charge in [-0.05, 0) is 25.3 Å². The maximum atomic E-state index is 12.4. The standard InChI is InChI=1S/C16H22ClN5O6S2/c1-29(24,25)21-6-3-12(4-7-21)19-16-18-10-11-9-13(17)15(23)22(14(11)20-16)5-2-8-30(26,27)28/h9-10,12H,2-8H2,1H3,(H,18,19,20)(H,26,27,28). The Labute approximate surface area is 178 Å². The van der Waals surface area contributed by atoms with Crippen LogP contribution in [0.1, 0.15) is 19.3 Å². The lowest BCUT2D eigenvalue weighted by Gasteiger charge is -2.30. The molecule has 0 aromatic carbocycles. The number of pyridine rings is 1. The van der Waals surface area contributed by atoms with Gasteiger partial charge in [0, 0.05) is 37.3 Å². The zero-order chi connectivity index (χ0) is 22.1. The second-order valence-electron chi connectivity index (χ2n) is 7.14. The van der Waals surface area contributed by atoms with E-state index < -0.39 is 31.5 Å². The summed E-state index contributed by atoms with van der Waals surface area (Å²) in [6, 6.07) is 1.40. The van der Waals surface area contributed by atoms with E-state index in [2.05, 4.69) is 15.3 Å². The Hall–Kier alpha value is -1.80. The first-order chi connectivity index (χ1) is 13.9. The van der Waals surface area contributed by atoms with Gasteiger partial charge in [0.2, 0.25) is 16.0 Å². The van der Waals surface area contributed by atoms with Gasteiger partial charge in [-0.25, -0.2) is 17.7 Å². The van der Waals surface area contributed by atoms with Gasteiger partial charge in [0.05, 0.1) is 12.0 Å². The topological polar surface area (TPSA) is 152 Å². The second kappa shape index (κ2) is 8.75. The minimum Gasteiger partial charge on any atom is -0.351 e. The van der Waals surface area contributed by atoms with Crippen LogP contribution in [0.4, 0.5) is 5.95 Å². The Bertz CT molecular complexity index is 1210. The van der Waals surface area contributed by atoms with Gasteiger partial charge in [-0.2, -0.15) is 13.4 Å². The van der Waals surface area contributed by atoms with Crippen molar-refractivity contribution in [3.8, 4) is 0 Å². The van der Waals surface area contributed by atoms with Gasteiger partial charge in [-0.1, -0.05) is 11.6 Å². The van der Waals surface area contributed by atoms with E-state index in [1.807, 2.05) is 0 Å². The molecule has 0 saturated carbocycles. The van der Waals surface area contributed by atoms with Crippen molar-refractivity contribution in [2.75, 3.05) is 30.4 Å². The Morgan fingerprint density at radius 3 is 2.53 bits per heavy atom. The van der Waals surface area contributed by atoms with Gasteiger partial charge < -0.3 is 5.32 Å². The van der Waals surface area contributed by atoms with Crippen LogP contribution in [0, 0.1) is 0 Å². The lowest BCUT2D eigenvalue weighted by atomic mass is 10.1. The Morgan fingerprint density at radius 1 is 1.27 bits per heavy atom. The predicted octanol–water partition coefficient (Wildman–Crippen LogP) is 0.559. The van der Waals surface area contributed by atoms with Crippen LogP contribution in [0.5, 0.6) is 0 Å². The molecule has 0 bridgehead atoms. The maximum Gasteiger partial charge on any atom is 0.270 e. The minimum absolute atomic E-state index is 0.00111. The van der Waals surface area contributed by atoms with E-state index in [-0.39, 0.29) is 35.6 Å². The fourth-order valence-electron chi connectivity index (χ4n) is 3.32. The van der Waals surface area contributed by atoms with Crippen molar-refractivity contribution in [3.63, 3.8) is 0 Å². The van der Waals surface area contributed by atoms with E-state index in [1.54, 1.807) is 0 Å². The highest BCUT2D eigenvalue weighted by Gasteiger charge is 2.25. The highest BCUT2D eigenvalue weighted by Crippen LogP contribution is 2.19. The molecular formula is C16H22ClN5O6S2. The van der Waals surface area contributed by atoms with Crippen molar-refractivity contribution in [2.45, 2.75) is 31.8 Å². The molecule has 0 aliphatic carbocycles. The first-order valence-electron chi connectivity index (χ1n) is 9.17. The van der Waals surface area contributed by atoms with Crippen molar-refractivity contribution >= 4 is 48.7 Å². The van der Waals surface area contributed by atoms with Crippen LogP contribution in [-0.2, 0) is 26.7 Å². The third-order valence-corrected chi connectivity index (χ3v) is 7.20. The average Bonchev–Trinajstić information content (AvgIpc) is 2.64. The summed E-state index contributed by atoms with van der Waals surface area (Å²) in [6.45, 7) is 0.777. The zero-order valence-corrected chi connectivity index (χ0v) is 18.5. The summed E-state index contributed by atoms with van der Waals surface area (Å²) in [5.41, 5.74) is -0.239. The van der Waals surface area contributed by atoms with E-state index in [0.29, 0.717) is 31.3 Å². The molecule has 0 unspecified atom stereocenters. The molecule has 0 spiro atoms. The summed E-state index contributed by atoms with van der Waals surface area (Å²) in [5, 5.41) is 3.61. The van der Waals surface area contributed by atoms with Gasteiger partial charge >= 0.3 is 0 Å². The van der Waals surface area contributed by atoms with E-state index in [1.165, 1.54) is 27.4 Å². The number of hydrogen-bond donors (Lipinski definition) is 2. The van der Waals surface area contributed by atoms with Crippen molar-refractivity contribution in [1.29, 1.82) is 0 Å². The first kappa shape index (κ1) is 22.9. The number of sulfonamides is 1. The molecule has 0 amide bonds. The van der Waals surface area contributed by atoms with Gasteiger partial charge in [0.1, 0.15) is 10.7 Å². The fraction of sp³-hybridized carbons (Fsp3) is 0.562. The van der Waals surface area contributed by atoms with Gasteiger partial charge in [-0.15, -0.1) is 0 Å². The Balaban J connectivity index is 1.81. The van der Waals surface area contributed by atoms with Crippen LogP contribution in [-0.4, -0.2) is 71.4 Å². The van der Waals surface area contributed by atoms with Gasteiger partial charge in [-0.3, -0.25) is 13.9 Å². The molecule has 3 heterocycles. The maximum absolute atomic E-state index is 12.4. The fourth-order valence-corrected chi connectivity index (χ4v) is 4.91. The number of aryl methyl sites for hydroxylation is 1. The number of piperidine rings is 1. The summed E-state index contributed by atoms with van der Waals surface area (Å²) in [7, 11) is -7.37. The van der Waals surface area contributed by atoms with E-state index in [4.69, 9.17) is 16.2 Å². The summed E-state index contributed by atoms with van der Waals surface area (Å²) < 4.78 is 56.8. The third-order valence-electron chi connectivity index (χ3n) is 4.82. The predicted molar refractivity (Wildman–Crippen MR) is 113 cm³/mol. The van der Waals surface area contributed by atoms with Crippen molar-refractivity contribution in [2.24, 2.45) is 0 Å². The molecule has 3 rings (SSSR count). The SMILES string of the molecule is CS(=O)(=O)N1CCC(Nc2ncc3cc(Cl)c(=O)n(CCCS(=O)(=O)O)c3n2)CC1. The summed E-state index contributed by atoms with van der Waals surface area (Å²) in [5.74, 6) is -0.228. The minimum atomic E-state index is -4.15. The van der Waals surface area contributed by atoms with Crippen LogP contribution in [0.3, 0.4) is 0 Å². The van der Waals surface area contributed by atoms with Crippen LogP contribution >= 0.6 is 11.6 Å². The molecular weight excluding hydrogens is 458 g/mol. The molecule has 30 heavy (non-hydrogen) atoms. The number of fused-ring (bicyclic) bond motifs is 1. The molecule has 0 radical (unpaired) electrons. The first-order valence-corrected chi connectivity index (χ1v) is 13.0. The van der Waals surface area contributed by atoms with Crippen LogP contribution < -0.4 is 10.9 Å². The molecule has 2 aromatic rings. The highest BCUT2D eigenvalue weighted by molar-refractivity contribution is 7.88. The zero-order valence-electron chi connectivity index (χ0n) is 16.2. The van der Waals surface area contributed by atoms with Crippen LogP contribution in [0.2, 0.25) is 5.02 Å². The summed E-state index contributed by atoms with van der Waals surface area (Å²) >= 11 is 5.98. The van der Waals surface area contributed by atoms with E-state index in [0.717, 1.165) is 0 Å². The van der Waals surface area contributed by atoms with E-state index >= 15 is 0 Å². The molecule has 1 aliphatic heterocycles. The smallest absolute Gasteiger partial charge is 0.270 e. The molecule has 11 nitrogen and oxygen atoms in total. The van der Waals surface area contributed by atoms with Crippen molar-refractivity contribution in [1.82, 2.24) is 18.8 Å². The van der Waals surface area contributed by atoms with Crippen LogP contribution in [0.25, 0.3) is 11.0 Å². The largest absolute Gasteiger partial charge is 0.351 e. The molecule has 0 atom stereocenters. The summed E-state index contributed by atoms with van der Waals surface area (Å²) in [6.07, 6.45) is 3.85. The van der Waals surface area contributed by atoms with E-state index in [9.17, 15) is 21.6 Å². The number of nitrogens with one attached hydrogen (secondary N) is 1. The van der Waals surface area contributed by atoms with Gasteiger partial charge in [0.15, 0.2) is 0 Å². The normalized spacial score (nSPS) is 16.8. The quantitative estimate of drug-likeness (QED) is 0.542. The molecule has 1 fully saturated rings. The number of nitrogens with zero attached hydrogens (tertiary/aromatic N) is 4. The number of rotatable bonds is 7. The monoisotopic (exact) mass is 479 g/mol. The summed E-state index contributed by atoms with van der Waals surface area (Å²) in [4.78, 5) is 21.1. The van der Waals surface area contributed by atoms with Gasteiger partial charge in [0.25, 0.3) is 15.7 Å². The second-order valence-corrected chi connectivity index (χ2v) is 11.1. The Morgan fingerprint density at radius 2 is 1.93 bits per heavy atom. The number of aromatic nitrogens is 3. The lowest BCUT2D eigenvalue weighted by molar-refractivity contribution is 0.331. The third kappa shape index (κ3) is 5.66. The highest BCUT2D eigenvalue weighted by atomic mass is 35.5. The number of halogens is 1.